The second-order valence-corrected chi connectivity index (χ2v) is 3.16. The molecule has 0 fully saturated rings. The predicted molar refractivity (Wildman–Crippen MR) is 48.2 cm³/mol. The molecule has 0 saturated heterocycles. The molecule has 0 aromatic heterocycles. The zero-order valence-electron chi connectivity index (χ0n) is 7.43. The van der Waals surface area contributed by atoms with E-state index < -0.39 is 12.1 Å². The molecule has 0 saturated carbocycles. The summed E-state index contributed by atoms with van der Waals surface area (Å²) in [6.07, 6.45) is -0.790. The first-order valence-electron chi connectivity index (χ1n) is 4.35. The number of fused-ring (bicyclic) bond motifs is 1. The quantitative estimate of drug-likeness (QED) is 0.728. The van der Waals surface area contributed by atoms with Crippen LogP contribution in [0.5, 0.6) is 5.75 Å². The number of rotatable bonds is 2. The third-order valence-corrected chi connectivity index (χ3v) is 2.31. The molecule has 2 rings (SSSR count). The molecule has 1 heterocycles. The van der Waals surface area contributed by atoms with E-state index in [-0.39, 0.29) is 0 Å². The summed E-state index contributed by atoms with van der Waals surface area (Å²) in [6.45, 7) is 0.554. The largest absolute Gasteiger partial charge is 0.493 e. The number of aliphatic hydroxyl groups is 1. The minimum atomic E-state index is -1.45. The van der Waals surface area contributed by atoms with E-state index in [1.54, 1.807) is 18.2 Å². The van der Waals surface area contributed by atoms with Crippen molar-refractivity contribution in [3.63, 3.8) is 0 Å². The fraction of sp³-hybridized carbons (Fsp3) is 0.300. The van der Waals surface area contributed by atoms with Crippen molar-refractivity contribution in [2.45, 2.75) is 12.5 Å². The van der Waals surface area contributed by atoms with Gasteiger partial charge in [-0.2, -0.15) is 0 Å². The molecule has 1 aliphatic heterocycles. The van der Waals surface area contributed by atoms with Crippen molar-refractivity contribution in [2.24, 2.45) is 0 Å². The summed E-state index contributed by atoms with van der Waals surface area (Å²) >= 11 is 0. The van der Waals surface area contributed by atoms with Crippen LogP contribution in [-0.2, 0) is 11.2 Å². The SMILES string of the molecule is O=C(O)C(O)c1cccc2c1CCO2. The summed E-state index contributed by atoms with van der Waals surface area (Å²) in [6, 6.07) is 5.08. The van der Waals surface area contributed by atoms with Crippen molar-refractivity contribution < 1.29 is 19.7 Å². The van der Waals surface area contributed by atoms with E-state index in [1.807, 2.05) is 0 Å². The lowest BCUT2D eigenvalue weighted by Gasteiger charge is -2.09. The lowest BCUT2D eigenvalue weighted by molar-refractivity contribution is -0.147. The van der Waals surface area contributed by atoms with Gasteiger partial charge in [0.05, 0.1) is 6.61 Å². The second-order valence-electron chi connectivity index (χ2n) is 3.16. The molecule has 1 aromatic carbocycles. The fourth-order valence-corrected chi connectivity index (χ4v) is 1.64. The van der Waals surface area contributed by atoms with Gasteiger partial charge in [0.1, 0.15) is 5.75 Å². The lowest BCUT2D eigenvalue weighted by Crippen LogP contribution is -2.12. The highest BCUT2D eigenvalue weighted by molar-refractivity contribution is 5.75. The lowest BCUT2D eigenvalue weighted by atomic mass is 10.0. The highest BCUT2D eigenvalue weighted by Gasteiger charge is 2.24. The minimum absolute atomic E-state index is 0.438. The molecule has 14 heavy (non-hydrogen) atoms. The minimum Gasteiger partial charge on any atom is -0.493 e. The number of hydrogen-bond donors (Lipinski definition) is 2. The maximum atomic E-state index is 10.6. The molecule has 0 aliphatic carbocycles. The number of carboxylic acids is 1. The van der Waals surface area contributed by atoms with Gasteiger partial charge < -0.3 is 14.9 Å². The van der Waals surface area contributed by atoms with E-state index >= 15 is 0 Å². The van der Waals surface area contributed by atoms with E-state index in [9.17, 15) is 9.90 Å². The van der Waals surface area contributed by atoms with Crippen LogP contribution >= 0.6 is 0 Å². The molecule has 4 nitrogen and oxygen atoms in total. The molecule has 1 aromatic rings. The maximum Gasteiger partial charge on any atom is 0.337 e. The van der Waals surface area contributed by atoms with Crippen LogP contribution in [0.2, 0.25) is 0 Å². The first-order chi connectivity index (χ1) is 6.70. The first kappa shape index (κ1) is 9.02. The zero-order chi connectivity index (χ0) is 10.1. The van der Waals surface area contributed by atoms with Gasteiger partial charge in [0.25, 0.3) is 0 Å². The number of benzene rings is 1. The molecule has 1 unspecified atom stereocenters. The molecule has 0 amide bonds. The van der Waals surface area contributed by atoms with Crippen molar-refractivity contribution >= 4 is 5.97 Å². The van der Waals surface area contributed by atoms with Crippen LogP contribution in [-0.4, -0.2) is 22.8 Å². The van der Waals surface area contributed by atoms with E-state index in [4.69, 9.17) is 9.84 Å². The molecule has 1 aliphatic rings. The van der Waals surface area contributed by atoms with Crippen molar-refractivity contribution in [1.82, 2.24) is 0 Å². The Hall–Kier alpha value is -1.55. The van der Waals surface area contributed by atoms with Crippen molar-refractivity contribution in [3.8, 4) is 5.75 Å². The van der Waals surface area contributed by atoms with E-state index in [2.05, 4.69) is 0 Å². The Morgan fingerprint density at radius 2 is 2.29 bits per heavy atom. The standard InChI is InChI=1S/C10H10O4/c11-9(10(12)13)7-2-1-3-8-6(7)4-5-14-8/h1-3,9,11H,4-5H2,(H,12,13). The molecule has 4 heteroatoms. The molecule has 1 atom stereocenters. The highest BCUT2D eigenvalue weighted by Crippen LogP contribution is 2.31. The number of aliphatic hydroxyl groups excluding tert-OH is 1. The van der Waals surface area contributed by atoms with Crippen LogP contribution in [0.3, 0.4) is 0 Å². The van der Waals surface area contributed by atoms with Gasteiger partial charge in [0.2, 0.25) is 0 Å². The van der Waals surface area contributed by atoms with E-state index in [0.717, 1.165) is 5.56 Å². The Morgan fingerprint density at radius 1 is 1.50 bits per heavy atom. The van der Waals surface area contributed by atoms with Gasteiger partial charge in [-0.25, -0.2) is 4.79 Å². The molecular weight excluding hydrogens is 184 g/mol. The van der Waals surface area contributed by atoms with Gasteiger partial charge in [0, 0.05) is 12.0 Å². The van der Waals surface area contributed by atoms with Crippen molar-refractivity contribution in [2.75, 3.05) is 6.61 Å². The zero-order valence-corrected chi connectivity index (χ0v) is 7.43. The average molecular weight is 194 g/mol. The van der Waals surface area contributed by atoms with Crippen LogP contribution in [0.1, 0.15) is 17.2 Å². The van der Waals surface area contributed by atoms with Crippen LogP contribution in [0.25, 0.3) is 0 Å². The number of carbonyl (C=O) groups is 1. The first-order valence-corrected chi connectivity index (χ1v) is 4.35. The van der Waals surface area contributed by atoms with E-state index in [0.29, 0.717) is 24.3 Å². The van der Waals surface area contributed by atoms with Crippen molar-refractivity contribution in [1.29, 1.82) is 0 Å². The normalized spacial score (nSPS) is 15.8. The Balaban J connectivity index is 2.44. The van der Waals surface area contributed by atoms with Crippen LogP contribution < -0.4 is 4.74 Å². The monoisotopic (exact) mass is 194 g/mol. The number of ether oxygens (including phenoxy) is 1. The Morgan fingerprint density at radius 3 is 3.00 bits per heavy atom. The van der Waals surface area contributed by atoms with Gasteiger partial charge in [-0.15, -0.1) is 0 Å². The van der Waals surface area contributed by atoms with Gasteiger partial charge in [-0.3, -0.25) is 0 Å². The molecule has 2 N–H and O–H groups in total. The molecule has 0 spiro atoms. The summed E-state index contributed by atoms with van der Waals surface area (Å²) < 4.78 is 5.26. The van der Waals surface area contributed by atoms with Crippen LogP contribution in [0.15, 0.2) is 18.2 Å². The van der Waals surface area contributed by atoms with Gasteiger partial charge in [-0.05, 0) is 11.6 Å². The summed E-state index contributed by atoms with van der Waals surface area (Å²) in [5.41, 5.74) is 1.25. The second kappa shape index (κ2) is 3.31. The summed E-state index contributed by atoms with van der Waals surface area (Å²) in [5.74, 6) is -0.548. The summed E-state index contributed by atoms with van der Waals surface area (Å²) in [5, 5.41) is 18.1. The number of hydrogen-bond acceptors (Lipinski definition) is 3. The van der Waals surface area contributed by atoms with Crippen LogP contribution in [0, 0.1) is 0 Å². The fourth-order valence-electron chi connectivity index (χ4n) is 1.64. The smallest absolute Gasteiger partial charge is 0.337 e. The summed E-state index contributed by atoms with van der Waals surface area (Å²) in [7, 11) is 0. The third kappa shape index (κ3) is 1.33. The topological polar surface area (TPSA) is 66.8 Å². The molecular formula is C10H10O4. The summed E-state index contributed by atoms with van der Waals surface area (Å²) in [4.78, 5) is 10.6. The number of carboxylic acid groups (broad SMARTS) is 1. The van der Waals surface area contributed by atoms with Crippen LogP contribution in [0.4, 0.5) is 0 Å². The molecule has 0 bridgehead atoms. The molecule has 0 radical (unpaired) electrons. The highest BCUT2D eigenvalue weighted by atomic mass is 16.5. The predicted octanol–water partition coefficient (Wildman–Crippen LogP) is 0.740. The van der Waals surface area contributed by atoms with Crippen molar-refractivity contribution in [3.05, 3.63) is 29.3 Å². The van der Waals surface area contributed by atoms with Gasteiger partial charge in [0.15, 0.2) is 6.10 Å². The van der Waals surface area contributed by atoms with E-state index in [1.165, 1.54) is 0 Å². The Labute approximate surface area is 80.7 Å². The van der Waals surface area contributed by atoms with Gasteiger partial charge in [-0.1, -0.05) is 12.1 Å². The Bertz CT molecular complexity index is 372. The average Bonchev–Trinajstić information content (AvgIpc) is 2.63. The number of aliphatic carboxylic acids is 1. The maximum absolute atomic E-state index is 10.6. The third-order valence-electron chi connectivity index (χ3n) is 2.31. The van der Waals surface area contributed by atoms with Gasteiger partial charge >= 0.3 is 5.97 Å². The Kier molecular flexibility index (Phi) is 2.13. The molecule has 74 valence electrons.